The molecule has 0 aliphatic heterocycles. The van der Waals surface area contributed by atoms with Gasteiger partial charge in [0.15, 0.2) is 0 Å². The summed E-state index contributed by atoms with van der Waals surface area (Å²) >= 11 is 0. The van der Waals surface area contributed by atoms with Gasteiger partial charge in [0, 0.05) is 19.1 Å². The Kier molecular flexibility index (Phi) is 11.0. The van der Waals surface area contributed by atoms with E-state index in [1.807, 2.05) is 66.7 Å². The zero-order chi connectivity index (χ0) is 32.5. The minimum atomic E-state index is -2.78. The van der Waals surface area contributed by atoms with Gasteiger partial charge in [-0.15, -0.1) is 0 Å². The van der Waals surface area contributed by atoms with Crippen molar-refractivity contribution in [3.05, 3.63) is 168 Å². The van der Waals surface area contributed by atoms with Gasteiger partial charge in [0.25, 0.3) is 8.32 Å². The summed E-state index contributed by atoms with van der Waals surface area (Å²) in [6.45, 7) is 7.03. The fourth-order valence-electron chi connectivity index (χ4n) is 6.64. The Morgan fingerprint density at radius 3 is 1.28 bits per heavy atom. The molecule has 0 aliphatic rings. The fraction of sp³-hybridized carbons (Fsp3) is 0.268. The quantitative estimate of drug-likeness (QED) is 0.103. The third kappa shape index (κ3) is 7.09. The smallest absolute Gasteiger partial charge is 0.261 e. The maximum Gasteiger partial charge on any atom is 0.261 e. The Morgan fingerprint density at radius 2 is 0.935 bits per heavy atom. The average molecular weight is 631 g/mol. The number of ether oxygens (including phenoxy) is 1. The Hall–Kier alpha value is -3.84. The molecule has 0 bridgehead atoms. The van der Waals surface area contributed by atoms with Crippen molar-refractivity contribution in [2.75, 3.05) is 19.8 Å². The van der Waals surface area contributed by atoms with Crippen LogP contribution in [0, 0.1) is 5.92 Å². The number of hydrogen-bond donors (Lipinski definition) is 2. The normalized spacial score (nSPS) is 13.7. The monoisotopic (exact) mass is 630 g/mol. The van der Waals surface area contributed by atoms with Gasteiger partial charge in [-0.3, -0.25) is 0 Å². The zero-order valence-electron chi connectivity index (χ0n) is 27.1. The molecule has 2 N–H and O–H groups in total. The van der Waals surface area contributed by atoms with E-state index in [4.69, 9.17) is 9.16 Å². The van der Waals surface area contributed by atoms with E-state index in [9.17, 15) is 10.2 Å². The molecule has 2 atom stereocenters. The first-order chi connectivity index (χ1) is 22.3. The SMILES string of the molecule is CC(C)(C)[Si](OC[C@@H](CO)C[C@H](O)COC(c1ccccc1)(c1ccccc1)c1ccccc1)(c1ccccc1)c1ccccc1. The van der Waals surface area contributed by atoms with E-state index < -0.39 is 20.0 Å². The lowest BCUT2D eigenvalue weighted by Gasteiger charge is -2.43. The Bertz CT molecular complexity index is 1450. The predicted molar refractivity (Wildman–Crippen MR) is 190 cm³/mol. The molecule has 5 aromatic rings. The highest BCUT2D eigenvalue weighted by Gasteiger charge is 2.50. The fourth-order valence-corrected chi connectivity index (χ4v) is 11.3. The lowest BCUT2D eigenvalue weighted by Crippen LogP contribution is -2.67. The van der Waals surface area contributed by atoms with Gasteiger partial charge in [-0.2, -0.15) is 0 Å². The highest BCUT2D eigenvalue weighted by molar-refractivity contribution is 6.99. The molecular formula is C41H46O4Si. The van der Waals surface area contributed by atoms with Gasteiger partial charge in [-0.05, 0) is 38.5 Å². The van der Waals surface area contributed by atoms with E-state index >= 15 is 0 Å². The topological polar surface area (TPSA) is 58.9 Å². The summed E-state index contributed by atoms with van der Waals surface area (Å²) in [5, 5.41) is 24.3. The summed E-state index contributed by atoms with van der Waals surface area (Å²) in [6.07, 6.45) is -0.487. The molecule has 0 fully saturated rings. The largest absolute Gasteiger partial charge is 0.407 e. The molecule has 0 saturated heterocycles. The molecule has 0 aliphatic carbocycles. The van der Waals surface area contributed by atoms with Crippen molar-refractivity contribution in [2.45, 2.75) is 43.9 Å². The summed E-state index contributed by atoms with van der Waals surface area (Å²) in [4.78, 5) is 0. The summed E-state index contributed by atoms with van der Waals surface area (Å²) in [5.74, 6) is -0.278. The van der Waals surface area contributed by atoms with E-state index in [1.54, 1.807) is 0 Å². The minimum absolute atomic E-state index is 0.0778. The maximum atomic E-state index is 11.5. The first kappa shape index (κ1) is 33.5. The van der Waals surface area contributed by atoms with Gasteiger partial charge >= 0.3 is 0 Å². The predicted octanol–water partition coefficient (Wildman–Crippen LogP) is 6.93. The van der Waals surface area contributed by atoms with Crippen LogP contribution < -0.4 is 10.4 Å². The highest BCUT2D eigenvalue weighted by atomic mass is 28.4. The third-order valence-electron chi connectivity index (χ3n) is 8.85. The average Bonchev–Trinajstić information content (AvgIpc) is 3.10. The Morgan fingerprint density at radius 1 is 0.565 bits per heavy atom. The Labute approximate surface area is 275 Å². The molecule has 238 valence electrons. The van der Waals surface area contributed by atoms with Crippen LogP contribution in [0.15, 0.2) is 152 Å². The number of aliphatic hydroxyl groups is 2. The van der Waals surface area contributed by atoms with Gasteiger partial charge in [0.1, 0.15) is 5.60 Å². The molecule has 0 spiro atoms. The summed E-state index contributed by atoms with van der Waals surface area (Å²) in [7, 11) is -2.78. The first-order valence-corrected chi connectivity index (χ1v) is 18.1. The van der Waals surface area contributed by atoms with E-state index in [-0.39, 0.29) is 24.2 Å². The highest BCUT2D eigenvalue weighted by Crippen LogP contribution is 2.41. The van der Waals surface area contributed by atoms with Gasteiger partial charge in [0.2, 0.25) is 0 Å². The van der Waals surface area contributed by atoms with Crippen molar-refractivity contribution >= 4 is 18.7 Å². The maximum absolute atomic E-state index is 11.5. The minimum Gasteiger partial charge on any atom is -0.407 e. The molecule has 0 saturated carbocycles. The van der Waals surface area contributed by atoms with Gasteiger partial charge in [0.05, 0.1) is 12.7 Å². The van der Waals surface area contributed by atoms with Crippen LogP contribution >= 0.6 is 0 Å². The van der Waals surface area contributed by atoms with Crippen LogP contribution in [-0.2, 0) is 14.8 Å². The van der Waals surface area contributed by atoms with E-state index in [1.165, 1.54) is 10.4 Å². The molecule has 0 unspecified atom stereocenters. The van der Waals surface area contributed by atoms with Crippen LogP contribution in [0.4, 0.5) is 0 Å². The van der Waals surface area contributed by atoms with Crippen LogP contribution in [0.2, 0.25) is 5.04 Å². The third-order valence-corrected chi connectivity index (χ3v) is 13.9. The second-order valence-corrected chi connectivity index (χ2v) is 17.3. The van der Waals surface area contributed by atoms with Crippen molar-refractivity contribution in [3.8, 4) is 0 Å². The van der Waals surface area contributed by atoms with Crippen molar-refractivity contribution < 1.29 is 19.4 Å². The molecule has 4 nitrogen and oxygen atoms in total. The second kappa shape index (κ2) is 15.2. The van der Waals surface area contributed by atoms with E-state index in [2.05, 4.69) is 106 Å². The van der Waals surface area contributed by atoms with Gasteiger partial charge < -0.3 is 19.4 Å². The van der Waals surface area contributed by atoms with E-state index in [0.29, 0.717) is 13.0 Å². The van der Waals surface area contributed by atoms with Crippen molar-refractivity contribution in [1.29, 1.82) is 0 Å². The van der Waals surface area contributed by atoms with Gasteiger partial charge in [-0.25, -0.2) is 0 Å². The van der Waals surface area contributed by atoms with Crippen LogP contribution in [0.3, 0.4) is 0 Å². The molecule has 5 heteroatoms. The molecule has 46 heavy (non-hydrogen) atoms. The number of benzene rings is 5. The number of aliphatic hydroxyl groups excluding tert-OH is 2. The summed E-state index contributed by atoms with van der Waals surface area (Å²) < 4.78 is 14.0. The van der Waals surface area contributed by atoms with Gasteiger partial charge in [-0.1, -0.05) is 172 Å². The molecule has 0 aromatic heterocycles. The van der Waals surface area contributed by atoms with Crippen molar-refractivity contribution in [1.82, 2.24) is 0 Å². The number of hydrogen-bond acceptors (Lipinski definition) is 4. The molecule has 5 aromatic carbocycles. The number of rotatable bonds is 14. The van der Waals surface area contributed by atoms with Crippen LogP contribution in [0.25, 0.3) is 0 Å². The first-order valence-electron chi connectivity index (χ1n) is 16.2. The second-order valence-electron chi connectivity index (χ2n) is 13.0. The molecule has 0 amide bonds. The van der Waals surface area contributed by atoms with Crippen molar-refractivity contribution in [2.24, 2.45) is 5.92 Å². The van der Waals surface area contributed by atoms with Crippen molar-refractivity contribution in [3.63, 3.8) is 0 Å². The molecule has 5 rings (SSSR count). The molecule has 0 radical (unpaired) electrons. The van der Waals surface area contributed by atoms with Crippen LogP contribution in [0.5, 0.6) is 0 Å². The zero-order valence-corrected chi connectivity index (χ0v) is 28.1. The van der Waals surface area contributed by atoms with E-state index in [0.717, 1.165) is 16.7 Å². The lowest BCUT2D eigenvalue weighted by molar-refractivity contribution is -0.0481. The summed E-state index contributed by atoms with van der Waals surface area (Å²) in [6, 6.07) is 51.5. The molecule has 0 heterocycles. The summed E-state index contributed by atoms with van der Waals surface area (Å²) in [5.41, 5.74) is 2.01. The Balaban J connectivity index is 1.40. The molecular weight excluding hydrogens is 585 g/mol. The standard InChI is InChI=1S/C41H46O4Si/c1-40(2,3)46(38-25-15-7-16-26-38,39-27-17-8-18-28-39)45-31-33(30-42)29-37(43)32-44-41(34-19-9-4-10-20-34,35-21-11-5-12-22-35)36-23-13-6-14-24-36/h4-28,33,37,42-43H,29-32H2,1-3H3/t33-,37+/m1/s1. The van der Waals surface area contributed by atoms with Crippen LogP contribution in [0.1, 0.15) is 43.9 Å². The lowest BCUT2D eigenvalue weighted by atomic mass is 9.80. The van der Waals surface area contributed by atoms with Crippen LogP contribution in [-0.4, -0.2) is 44.5 Å².